The fourth-order valence-electron chi connectivity index (χ4n) is 2.96. The molecule has 5 heteroatoms. The highest BCUT2D eigenvalue weighted by molar-refractivity contribution is 6.31. The van der Waals surface area contributed by atoms with E-state index < -0.39 is 0 Å². The Kier molecular flexibility index (Phi) is 3.57. The molecular formula is C15H17ClN2O2. The van der Waals surface area contributed by atoms with Gasteiger partial charge < -0.3 is 14.6 Å². The molecule has 0 atom stereocenters. The van der Waals surface area contributed by atoms with Crippen LogP contribution in [0.15, 0.2) is 24.4 Å². The van der Waals surface area contributed by atoms with E-state index in [1.807, 2.05) is 12.1 Å². The molecule has 0 saturated carbocycles. The summed E-state index contributed by atoms with van der Waals surface area (Å²) in [6.07, 6.45) is 3.77. The first kappa shape index (κ1) is 13.3. The number of amides is 1. The van der Waals surface area contributed by atoms with Crippen LogP contribution in [0.4, 0.5) is 4.79 Å². The Morgan fingerprint density at radius 3 is 2.85 bits per heavy atom. The summed E-state index contributed by atoms with van der Waals surface area (Å²) < 4.78 is 4.77. The summed E-state index contributed by atoms with van der Waals surface area (Å²) in [5.41, 5.74) is 2.39. The molecule has 1 aliphatic rings. The molecule has 1 amide bonds. The van der Waals surface area contributed by atoms with E-state index in [1.54, 1.807) is 4.90 Å². The van der Waals surface area contributed by atoms with Crippen LogP contribution in [-0.2, 0) is 4.74 Å². The molecular weight excluding hydrogens is 276 g/mol. The largest absolute Gasteiger partial charge is 0.453 e. The van der Waals surface area contributed by atoms with Gasteiger partial charge in [-0.05, 0) is 36.5 Å². The Labute approximate surface area is 122 Å². The van der Waals surface area contributed by atoms with Gasteiger partial charge >= 0.3 is 6.09 Å². The topological polar surface area (TPSA) is 45.3 Å². The molecule has 0 bridgehead atoms. The van der Waals surface area contributed by atoms with Gasteiger partial charge in [0, 0.05) is 35.2 Å². The molecule has 1 aliphatic heterocycles. The average molecular weight is 293 g/mol. The minimum Gasteiger partial charge on any atom is -0.453 e. The highest BCUT2D eigenvalue weighted by Crippen LogP contribution is 2.34. The fraction of sp³-hybridized carbons (Fsp3) is 0.400. The number of ether oxygens (including phenoxy) is 1. The molecule has 3 rings (SSSR count). The van der Waals surface area contributed by atoms with Crippen LogP contribution in [0.5, 0.6) is 0 Å². The number of piperidine rings is 1. The number of aromatic amines is 1. The Bertz CT molecular complexity index is 630. The van der Waals surface area contributed by atoms with E-state index in [0.717, 1.165) is 36.5 Å². The Balaban J connectivity index is 1.78. The van der Waals surface area contributed by atoms with Crippen molar-refractivity contribution in [2.24, 2.45) is 0 Å². The summed E-state index contributed by atoms with van der Waals surface area (Å²) >= 11 is 6.01. The van der Waals surface area contributed by atoms with Gasteiger partial charge in [-0.1, -0.05) is 17.7 Å². The number of nitrogens with one attached hydrogen (secondary N) is 1. The number of hydrogen-bond donors (Lipinski definition) is 1. The van der Waals surface area contributed by atoms with Crippen molar-refractivity contribution < 1.29 is 9.53 Å². The lowest BCUT2D eigenvalue weighted by molar-refractivity contribution is 0.112. The van der Waals surface area contributed by atoms with E-state index >= 15 is 0 Å². The van der Waals surface area contributed by atoms with Crippen molar-refractivity contribution in [2.45, 2.75) is 18.8 Å². The Hall–Kier alpha value is -1.68. The number of methoxy groups -OCH3 is 1. The van der Waals surface area contributed by atoms with Gasteiger partial charge in [-0.25, -0.2) is 4.79 Å². The molecule has 1 N–H and O–H groups in total. The van der Waals surface area contributed by atoms with Gasteiger partial charge in [-0.2, -0.15) is 0 Å². The van der Waals surface area contributed by atoms with Crippen molar-refractivity contribution in [2.75, 3.05) is 20.2 Å². The van der Waals surface area contributed by atoms with Crippen LogP contribution in [0.1, 0.15) is 24.3 Å². The molecule has 4 nitrogen and oxygen atoms in total. The minimum atomic E-state index is -0.228. The second kappa shape index (κ2) is 5.37. The lowest BCUT2D eigenvalue weighted by Crippen LogP contribution is -2.37. The standard InChI is InChI=1S/C15H17ClN2O2/c1-20-15(19)18-6-4-10(5-7-18)13-9-17-14-8-11(16)2-3-12(13)14/h2-3,8-10,17H,4-7H2,1H3. The maximum absolute atomic E-state index is 11.5. The highest BCUT2D eigenvalue weighted by atomic mass is 35.5. The highest BCUT2D eigenvalue weighted by Gasteiger charge is 2.25. The fourth-order valence-corrected chi connectivity index (χ4v) is 3.13. The molecule has 1 aromatic heterocycles. The van der Waals surface area contributed by atoms with Gasteiger partial charge in [0.2, 0.25) is 0 Å². The lowest BCUT2D eigenvalue weighted by Gasteiger charge is -2.30. The number of carbonyl (C=O) groups excluding carboxylic acids is 1. The van der Waals surface area contributed by atoms with Crippen LogP contribution in [0.3, 0.4) is 0 Å². The van der Waals surface area contributed by atoms with E-state index in [4.69, 9.17) is 16.3 Å². The first-order valence-electron chi connectivity index (χ1n) is 6.78. The van der Waals surface area contributed by atoms with E-state index in [-0.39, 0.29) is 6.09 Å². The normalized spacial score (nSPS) is 16.6. The van der Waals surface area contributed by atoms with Gasteiger partial charge in [-0.15, -0.1) is 0 Å². The number of halogens is 1. The molecule has 2 heterocycles. The first-order chi connectivity index (χ1) is 9.69. The molecule has 0 aliphatic carbocycles. The van der Waals surface area contributed by atoms with Crippen molar-refractivity contribution in [1.29, 1.82) is 0 Å². The maximum Gasteiger partial charge on any atom is 0.409 e. The molecule has 2 aromatic rings. The molecule has 0 unspecified atom stereocenters. The maximum atomic E-state index is 11.5. The van der Waals surface area contributed by atoms with Crippen molar-refractivity contribution in [3.8, 4) is 0 Å². The number of nitrogens with zero attached hydrogens (tertiary/aromatic N) is 1. The minimum absolute atomic E-state index is 0.228. The summed E-state index contributed by atoms with van der Waals surface area (Å²) in [5.74, 6) is 0.478. The number of rotatable bonds is 1. The van der Waals surface area contributed by atoms with Crippen molar-refractivity contribution >= 4 is 28.6 Å². The van der Waals surface area contributed by atoms with E-state index in [2.05, 4.69) is 17.2 Å². The third-order valence-corrected chi connectivity index (χ3v) is 4.28. The number of carbonyl (C=O) groups is 1. The molecule has 1 fully saturated rings. The molecule has 0 radical (unpaired) electrons. The lowest BCUT2D eigenvalue weighted by atomic mass is 9.89. The summed E-state index contributed by atoms with van der Waals surface area (Å²) in [5, 5.41) is 1.97. The molecule has 20 heavy (non-hydrogen) atoms. The zero-order valence-electron chi connectivity index (χ0n) is 11.4. The van der Waals surface area contributed by atoms with Gasteiger partial charge in [0.15, 0.2) is 0 Å². The van der Waals surface area contributed by atoms with E-state index in [9.17, 15) is 4.79 Å². The second-order valence-corrected chi connectivity index (χ2v) is 5.60. The van der Waals surface area contributed by atoms with Crippen molar-refractivity contribution in [1.82, 2.24) is 9.88 Å². The van der Waals surface area contributed by atoms with Crippen LogP contribution < -0.4 is 0 Å². The number of hydrogen-bond acceptors (Lipinski definition) is 2. The third-order valence-electron chi connectivity index (χ3n) is 4.04. The molecule has 1 saturated heterocycles. The van der Waals surface area contributed by atoms with Crippen LogP contribution in [0.2, 0.25) is 5.02 Å². The number of H-pyrrole nitrogens is 1. The molecule has 0 spiro atoms. The predicted molar refractivity (Wildman–Crippen MR) is 79.3 cm³/mol. The van der Waals surface area contributed by atoms with Crippen LogP contribution in [0, 0.1) is 0 Å². The van der Waals surface area contributed by atoms with E-state index in [0.29, 0.717) is 5.92 Å². The molecule has 1 aromatic carbocycles. The van der Waals surface area contributed by atoms with Crippen LogP contribution in [0.25, 0.3) is 10.9 Å². The third kappa shape index (κ3) is 2.36. The summed E-state index contributed by atoms with van der Waals surface area (Å²) in [6.45, 7) is 1.50. The number of aromatic nitrogens is 1. The average Bonchev–Trinajstić information content (AvgIpc) is 2.89. The number of likely N-dealkylation sites (tertiary alicyclic amines) is 1. The molecule has 106 valence electrons. The second-order valence-electron chi connectivity index (χ2n) is 5.17. The van der Waals surface area contributed by atoms with Crippen molar-refractivity contribution in [3.05, 3.63) is 35.0 Å². The number of fused-ring (bicyclic) bond motifs is 1. The number of benzene rings is 1. The smallest absolute Gasteiger partial charge is 0.409 e. The van der Waals surface area contributed by atoms with Crippen molar-refractivity contribution in [3.63, 3.8) is 0 Å². The SMILES string of the molecule is COC(=O)N1CCC(c2c[nH]c3cc(Cl)ccc23)CC1. The summed E-state index contributed by atoms with van der Waals surface area (Å²) in [4.78, 5) is 16.5. The van der Waals surface area contributed by atoms with Gasteiger partial charge in [-0.3, -0.25) is 0 Å². The Morgan fingerprint density at radius 2 is 2.15 bits per heavy atom. The van der Waals surface area contributed by atoms with Gasteiger partial charge in [0.25, 0.3) is 0 Å². The zero-order valence-corrected chi connectivity index (χ0v) is 12.1. The summed E-state index contributed by atoms with van der Waals surface area (Å²) in [7, 11) is 1.43. The van der Waals surface area contributed by atoms with Crippen LogP contribution in [-0.4, -0.2) is 36.2 Å². The quantitative estimate of drug-likeness (QED) is 0.869. The van der Waals surface area contributed by atoms with Gasteiger partial charge in [0.1, 0.15) is 0 Å². The van der Waals surface area contributed by atoms with Crippen LogP contribution >= 0.6 is 11.6 Å². The monoisotopic (exact) mass is 292 g/mol. The van der Waals surface area contributed by atoms with E-state index in [1.165, 1.54) is 18.1 Å². The Morgan fingerprint density at radius 1 is 1.40 bits per heavy atom. The predicted octanol–water partition coefficient (Wildman–Crippen LogP) is 3.77. The first-order valence-corrected chi connectivity index (χ1v) is 7.16. The summed E-state index contributed by atoms with van der Waals surface area (Å²) in [6, 6.07) is 5.94. The van der Waals surface area contributed by atoms with Gasteiger partial charge in [0.05, 0.1) is 7.11 Å². The zero-order chi connectivity index (χ0) is 14.1.